The van der Waals surface area contributed by atoms with Gasteiger partial charge in [-0.1, -0.05) is 23.6 Å². The molecule has 0 radical (unpaired) electrons. The highest BCUT2D eigenvalue weighted by Gasteiger charge is 1.97. The average Bonchev–Trinajstić information content (AvgIpc) is 2.04. The summed E-state index contributed by atoms with van der Waals surface area (Å²) in [4.78, 5) is 0. The SMILES string of the molecule is C#Cc1cc(Cl)ccc1CN. The summed E-state index contributed by atoms with van der Waals surface area (Å²) < 4.78 is 0. The third-order valence-electron chi connectivity index (χ3n) is 1.45. The number of benzene rings is 1. The maximum absolute atomic E-state index is 5.72. The molecule has 56 valence electrons. The van der Waals surface area contributed by atoms with Gasteiger partial charge in [0.15, 0.2) is 0 Å². The minimum atomic E-state index is 0.455. The normalized spacial score (nSPS) is 9.18. The highest BCUT2D eigenvalue weighted by atomic mass is 35.5. The summed E-state index contributed by atoms with van der Waals surface area (Å²) in [5.41, 5.74) is 7.17. The van der Waals surface area contributed by atoms with Crippen LogP contribution in [0.1, 0.15) is 11.1 Å². The molecule has 0 heterocycles. The lowest BCUT2D eigenvalue weighted by Crippen LogP contribution is -1.98. The topological polar surface area (TPSA) is 26.0 Å². The second-order valence-corrected chi connectivity index (χ2v) is 2.59. The zero-order valence-corrected chi connectivity index (χ0v) is 6.73. The van der Waals surface area contributed by atoms with Crippen LogP contribution in [0.4, 0.5) is 0 Å². The summed E-state index contributed by atoms with van der Waals surface area (Å²) >= 11 is 5.72. The molecule has 2 N–H and O–H groups in total. The molecule has 0 bridgehead atoms. The van der Waals surface area contributed by atoms with Crippen LogP contribution >= 0.6 is 11.6 Å². The molecule has 2 heteroatoms. The highest BCUT2D eigenvalue weighted by Crippen LogP contribution is 2.14. The van der Waals surface area contributed by atoms with Gasteiger partial charge in [-0.15, -0.1) is 6.42 Å². The minimum Gasteiger partial charge on any atom is -0.326 e. The van der Waals surface area contributed by atoms with Crippen LogP contribution in [0.3, 0.4) is 0 Å². The van der Waals surface area contributed by atoms with E-state index in [0.29, 0.717) is 11.6 Å². The van der Waals surface area contributed by atoms with Gasteiger partial charge in [-0.3, -0.25) is 0 Å². The van der Waals surface area contributed by atoms with E-state index in [0.717, 1.165) is 11.1 Å². The van der Waals surface area contributed by atoms with Crippen LogP contribution in [-0.4, -0.2) is 0 Å². The third-order valence-corrected chi connectivity index (χ3v) is 1.68. The standard InChI is InChI=1S/C9H8ClN/c1-2-7-5-9(10)4-3-8(7)6-11/h1,3-5H,6,11H2. The molecule has 0 spiro atoms. The first-order valence-corrected chi connectivity index (χ1v) is 3.61. The van der Waals surface area contributed by atoms with Gasteiger partial charge in [0.1, 0.15) is 0 Å². The Bertz CT molecular complexity index is 299. The van der Waals surface area contributed by atoms with Crippen molar-refractivity contribution in [3.63, 3.8) is 0 Å². The molecule has 1 aromatic rings. The largest absolute Gasteiger partial charge is 0.326 e. The van der Waals surface area contributed by atoms with Crippen LogP contribution in [0.5, 0.6) is 0 Å². The smallest absolute Gasteiger partial charge is 0.0418 e. The van der Waals surface area contributed by atoms with Crippen molar-refractivity contribution in [2.45, 2.75) is 6.54 Å². The third kappa shape index (κ3) is 1.74. The summed E-state index contributed by atoms with van der Waals surface area (Å²) in [6.07, 6.45) is 5.23. The van der Waals surface area contributed by atoms with Gasteiger partial charge < -0.3 is 5.73 Å². The quantitative estimate of drug-likeness (QED) is 0.631. The number of hydrogen-bond donors (Lipinski definition) is 1. The average molecular weight is 166 g/mol. The van der Waals surface area contributed by atoms with Crippen LogP contribution < -0.4 is 5.73 Å². The first-order chi connectivity index (χ1) is 5.27. The van der Waals surface area contributed by atoms with Gasteiger partial charge in [-0.25, -0.2) is 0 Å². The molecule has 0 atom stereocenters. The van der Waals surface area contributed by atoms with E-state index in [1.165, 1.54) is 0 Å². The predicted octanol–water partition coefficient (Wildman–Crippen LogP) is 1.78. The molecule has 0 aliphatic heterocycles. The molecular weight excluding hydrogens is 158 g/mol. The number of hydrogen-bond acceptors (Lipinski definition) is 1. The molecule has 11 heavy (non-hydrogen) atoms. The number of terminal acetylenes is 1. The molecule has 0 amide bonds. The van der Waals surface area contributed by atoms with Crippen molar-refractivity contribution in [3.05, 3.63) is 34.3 Å². The number of halogens is 1. The molecule has 1 rings (SSSR count). The predicted molar refractivity (Wildman–Crippen MR) is 47.3 cm³/mol. The van der Waals surface area contributed by atoms with E-state index in [4.69, 9.17) is 23.8 Å². The Hall–Kier alpha value is -0.970. The second-order valence-electron chi connectivity index (χ2n) is 2.15. The van der Waals surface area contributed by atoms with Crippen molar-refractivity contribution < 1.29 is 0 Å². The molecule has 0 aromatic heterocycles. The summed E-state index contributed by atoms with van der Waals surface area (Å²) in [6, 6.07) is 5.37. The lowest BCUT2D eigenvalue weighted by molar-refractivity contribution is 1.06. The molecule has 1 nitrogen and oxygen atoms in total. The first kappa shape index (κ1) is 8.13. The molecule has 0 unspecified atom stereocenters. The van der Waals surface area contributed by atoms with E-state index < -0.39 is 0 Å². The van der Waals surface area contributed by atoms with E-state index >= 15 is 0 Å². The summed E-state index contributed by atoms with van der Waals surface area (Å²) in [5, 5.41) is 0.648. The second kappa shape index (κ2) is 3.43. The summed E-state index contributed by atoms with van der Waals surface area (Å²) in [7, 11) is 0. The van der Waals surface area contributed by atoms with Crippen molar-refractivity contribution in [2.24, 2.45) is 5.73 Å². The Morgan fingerprint density at radius 2 is 2.27 bits per heavy atom. The van der Waals surface area contributed by atoms with Crippen LogP contribution in [0, 0.1) is 12.3 Å². The highest BCUT2D eigenvalue weighted by molar-refractivity contribution is 6.30. The Balaban J connectivity index is 3.19. The monoisotopic (exact) mass is 165 g/mol. The molecule has 0 aliphatic carbocycles. The van der Waals surface area contributed by atoms with Gasteiger partial charge in [0.05, 0.1) is 0 Å². The molecule has 0 fully saturated rings. The van der Waals surface area contributed by atoms with Crippen LogP contribution in [0.15, 0.2) is 18.2 Å². The van der Waals surface area contributed by atoms with Gasteiger partial charge in [0, 0.05) is 17.1 Å². The number of rotatable bonds is 1. The molecule has 0 saturated heterocycles. The Morgan fingerprint density at radius 1 is 1.55 bits per heavy atom. The Labute approximate surface area is 71.2 Å². The first-order valence-electron chi connectivity index (χ1n) is 3.23. The van der Waals surface area contributed by atoms with Crippen molar-refractivity contribution in [1.29, 1.82) is 0 Å². The van der Waals surface area contributed by atoms with Gasteiger partial charge in [0.2, 0.25) is 0 Å². The number of nitrogens with two attached hydrogens (primary N) is 1. The Morgan fingerprint density at radius 3 is 2.82 bits per heavy atom. The van der Waals surface area contributed by atoms with Crippen molar-refractivity contribution >= 4 is 11.6 Å². The van der Waals surface area contributed by atoms with Gasteiger partial charge >= 0.3 is 0 Å². The zero-order valence-electron chi connectivity index (χ0n) is 5.97. The summed E-state index contributed by atoms with van der Waals surface area (Å²) in [6.45, 7) is 0.455. The van der Waals surface area contributed by atoms with Crippen molar-refractivity contribution in [2.75, 3.05) is 0 Å². The fraction of sp³-hybridized carbons (Fsp3) is 0.111. The van der Waals surface area contributed by atoms with E-state index in [-0.39, 0.29) is 0 Å². The fourth-order valence-electron chi connectivity index (χ4n) is 0.861. The Kier molecular flexibility index (Phi) is 2.53. The fourth-order valence-corrected chi connectivity index (χ4v) is 1.03. The minimum absolute atomic E-state index is 0.455. The maximum Gasteiger partial charge on any atom is 0.0418 e. The molecule has 0 saturated carbocycles. The summed E-state index contributed by atoms with van der Waals surface area (Å²) in [5.74, 6) is 2.52. The zero-order chi connectivity index (χ0) is 8.27. The molecule has 1 aromatic carbocycles. The van der Waals surface area contributed by atoms with Crippen LogP contribution in [0.25, 0.3) is 0 Å². The van der Waals surface area contributed by atoms with Crippen LogP contribution in [-0.2, 0) is 6.54 Å². The van der Waals surface area contributed by atoms with Gasteiger partial charge in [0.25, 0.3) is 0 Å². The molecule has 0 aliphatic rings. The van der Waals surface area contributed by atoms with Gasteiger partial charge in [-0.2, -0.15) is 0 Å². The molecular formula is C9H8ClN. The van der Waals surface area contributed by atoms with E-state index in [1.807, 2.05) is 6.07 Å². The van der Waals surface area contributed by atoms with E-state index in [2.05, 4.69) is 5.92 Å². The van der Waals surface area contributed by atoms with Crippen LogP contribution in [0.2, 0.25) is 5.02 Å². The van der Waals surface area contributed by atoms with Gasteiger partial charge in [-0.05, 0) is 17.7 Å². The van der Waals surface area contributed by atoms with E-state index in [1.54, 1.807) is 12.1 Å². The lowest BCUT2D eigenvalue weighted by Gasteiger charge is -2.00. The van der Waals surface area contributed by atoms with Crippen molar-refractivity contribution in [3.8, 4) is 12.3 Å². The van der Waals surface area contributed by atoms with Crippen molar-refractivity contribution in [1.82, 2.24) is 0 Å². The maximum atomic E-state index is 5.72. The lowest BCUT2D eigenvalue weighted by atomic mass is 10.1. The van der Waals surface area contributed by atoms with E-state index in [9.17, 15) is 0 Å².